The van der Waals surface area contributed by atoms with Crippen LogP contribution in [0.1, 0.15) is 39.5 Å². The molecule has 5 unspecified atom stereocenters. The summed E-state index contributed by atoms with van der Waals surface area (Å²) in [5.41, 5.74) is 15.7. The summed E-state index contributed by atoms with van der Waals surface area (Å²) in [6.07, 6.45) is 1.41. The Kier molecular flexibility index (Phi) is 13.7. The van der Waals surface area contributed by atoms with E-state index in [1.54, 1.807) is 20.1 Å². The summed E-state index contributed by atoms with van der Waals surface area (Å²) in [7, 11) is 0. The Bertz CT molecular complexity index is 735. The van der Waals surface area contributed by atoms with Crippen molar-refractivity contribution in [3.8, 4) is 0 Å². The van der Waals surface area contributed by atoms with Crippen LogP contribution < -0.4 is 33.2 Å². The van der Waals surface area contributed by atoms with Gasteiger partial charge < -0.3 is 38.3 Å². The van der Waals surface area contributed by atoms with Crippen LogP contribution >= 0.6 is 11.8 Å². The first kappa shape index (κ1) is 30.1. The number of nitrogens with two attached hydrogens (primary N) is 3. The number of carbonyl (C=O) groups excluding carboxylic acids is 5. The van der Waals surface area contributed by atoms with E-state index in [4.69, 9.17) is 17.2 Å². The lowest BCUT2D eigenvalue weighted by molar-refractivity contribution is -0.143. The fourth-order valence-corrected chi connectivity index (χ4v) is 3.18. The highest BCUT2D eigenvalue weighted by Crippen LogP contribution is 2.10. The molecule has 13 nitrogen and oxygen atoms in total. The summed E-state index contributed by atoms with van der Waals surface area (Å²) >= 11 is 1.40. The minimum atomic E-state index is -1.56. The largest absolute Gasteiger partial charge is 0.480 e. The average molecular weight is 491 g/mol. The Hall–Kier alpha value is -2.87. The SMILES string of the molecule is CCC(C)C(NC(=O)C(N)CC(N)=O)C(=O)NC(CCSC)C(=O)NC(CC(N)=O)C(=O)O. The van der Waals surface area contributed by atoms with Gasteiger partial charge in [0.05, 0.1) is 18.9 Å². The Labute approximate surface area is 196 Å². The van der Waals surface area contributed by atoms with E-state index in [0.717, 1.165) is 0 Å². The first-order valence-electron chi connectivity index (χ1n) is 10.3. The minimum absolute atomic E-state index is 0.157. The number of aliphatic carboxylic acids is 1. The molecule has 0 saturated carbocycles. The Morgan fingerprint density at radius 3 is 1.88 bits per heavy atom. The lowest BCUT2D eigenvalue weighted by atomic mass is 9.97. The highest BCUT2D eigenvalue weighted by molar-refractivity contribution is 7.98. The number of hydrogen-bond donors (Lipinski definition) is 7. The molecule has 5 atom stereocenters. The molecular formula is C19H34N6O7S. The number of nitrogens with one attached hydrogen (secondary N) is 3. The molecule has 0 aromatic heterocycles. The summed E-state index contributed by atoms with van der Waals surface area (Å²) in [5.74, 6) is -5.31. The van der Waals surface area contributed by atoms with Crippen molar-refractivity contribution in [3.05, 3.63) is 0 Å². The van der Waals surface area contributed by atoms with Crippen molar-refractivity contribution in [2.45, 2.75) is 63.7 Å². The van der Waals surface area contributed by atoms with Crippen LogP contribution in [0.5, 0.6) is 0 Å². The van der Waals surface area contributed by atoms with Gasteiger partial charge in [0, 0.05) is 0 Å². The van der Waals surface area contributed by atoms with Gasteiger partial charge >= 0.3 is 5.97 Å². The first-order valence-corrected chi connectivity index (χ1v) is 11.7. The average Bonchev–Trinajstić information content (AvgIpc) is 2.72. The van der Waals surface area contributed by atoms with Crippen LogP contribution in [0, 0.1) is 5.92 Å². The van der Waals surface area contributed by atoms with Crippen LogP contribution in [0.4, 0.5) is 0 Å². The zero-order valence-electron chi connectivity index (χ0n) is 19.0. The highest BCUT2D eigenvalue weighted by atomic mass is 32.2. The van der Waals surface area contributed by atoms with Crippen molar-refractivity contribution in [1.82, 2.24) is 16.0 Å². The van der Waals surface area contributed by atoms with Gasteiger partial charge in [-0.1, -0.05) is 20.3 Å². The minimum Gasteiger partial charge on any atom is -0.480 e. The van der Waals surface area contributed by atoms with Gasteiger partial charge in [0.15, 0.2) is 0 Å². The number of hydrogen-bond acceptors (Lipinski definition) is 8. The molecule has 0 rings (SSSR count). The molecule has 5 amide bonds. The van der Waals surface area contributed by atoms with Gasteiger partial charge in [-0.25, -0.2) is 4.79 Å². The first-order chi connectivity index (χ1) is 15.3. The van der Waals surface area contributed by atoms with Gasteiger partial charge in [-0.3, -0.25) is 24.0 Å². The van der Waals surface area contributed by atoms with Crippen molar-refractivity contribution in [1.29, 1.82) is 0 Å². The number of carboxylic acids is 1. The predicted molar refractivity (Wildman–Crippen MR) is 121 cm³/mol. The maximum absolute atomic E-state index is 13.0. The van der Waals surface area contributed by atoms with E-state index in [9.17, 15) is 33.9 Å². The van der Waals surface area contributed by atoms with Gasteiger partial charge in [0.2, 0.25) is 29.5 Å². The molecular weight excluding hydrogens is 456 g/mol. The van der Waals surface area contributed by atoms with Crippen LogP contribution in [0.2, 0.25) is 0 Å². The third-order valence-electron chi connectivity index (χ3n) is 4.81. The van der Waals surface area contributed by atoms with E-state index in [-0.39, 0.29) is 12.3 Å². The van der Waals surface area contributed by atoms with E-state index in [1.807, 2.05) is 0 Å². The monoisotopic (exact) mass is 490 g/mol. The van der Waals surface area contributed by atoms with E-state index < -0.39 is 72.5 Å². The summed E-state index contributed by atoms with van der Waals surface area (Å²) in [6.45, 7) is 3.49. The normalized spacial score (nSPS) is 15.3. The third kappa shape index (κ3) is 11.5. The summed E-state index contributed by atoms with van der Waals surface area (Å²) in [5, 5.41) is 16.4. The van der Waals surface area contributed by atoms with Crippen LogP contribution in [0.15, 0.2) is 0 Å². The molecule has 0 radical (unpaired) electrons. The van der Waals surface area contributed by atoms with E-state index in [2.05, 4.69) is 16.0 Å². The van der Waals surface area contributed by atoms with Crippen molar-refractivity contribution >= 4 is 47.3 Å². The van der Waals surface area contributed by atoms with Crippen LogP contribution in [0.25, 0.3) is 0 Å². The standard InChI is InChI=1S/C19H34N6O7S/c1-4-9(2)15(25-16(28)10(20)7-13(21)26)18(30)23-11(5-6-33-3)17(29)24-12(19(31)32)8-14(22)27/h9-12,15H,4-8,20H2,1-3H3,(H2,21,26)(H2,22,27)(H,23,30)(H,24,29)(H,25,28)(H,31,32). The fraction of sp³-hybridized carbons (Fsp3) is 0.684. The van der Waals surface area contributed by atoms with Gasteiger partial charge in [-0.05, 0) is 24.3 Å². The Morgan fingerprint density at radius 2 is 1.42 bits per heavy atom. The smallest absolute Gasteiger partial charge is 0.326 e. The van der Waals surface area contributed by atoms with Gasteiger partial charge in [0.25, 0.3) is 0 Å². The Balaban J connectivity index is 5.54. The second-order valence-electron chi connectivity index (χ2n) is 7.56. The molecule has 0 heterocycles. The molecule has 0 fully saturated rings. The molecule has 0 aliphatic carbocycles. The molecule has 33 heavy (non-hydrogen) atoms. The van der Waals surface area contributed by atoms with Gasteiger partial charge in [-0.2, -0.15) is 11.8 Å². The van der Waals surface area contributed by atoms with Gasteiger partial charge in [-0.15, -0.1) is 0 Å². The van der Waals surface area contributed by atoms with E-state index >= 15 is 0 Å². The third-order valence-corrected chi connectivity index (χ3v) is 5.46. The fourth-order valence-electron chi connectivity index (χ4n) is 2.71. The van der Waals surface area contributed by atoms with E-state index in [1.165, 1.54) is 11.8 Å². The van der Waals surface area contributed by atoms with Crippen molar-refractivity contribution in [2.75, 3.05) is 12.0 Å². The molecule has 0 aliphatic heterocycles. The summed E-state index contributed by atoms with van der Waals surface area (Å²) in [4.78, 5) is 71.4. The molecule has 14 heteroatoms. The lowest BCUT2D eigenvalue weighted by Crippen LogP contribution is -2.59. The number of amides is 5. The topological polar surface area (TPSA) is 237 Å². The summed E-state index contributed by atoms with van der Waals surface area (Å²) < 4.78 is 0. The van der Waals surface area contributed by atoms with Crippen molar-refractivity contribution < 1.29 is 33.9 Å². The number of thioether (sulfide) groups is 1. The molecule has 0 aromatic carbocycles. The highest BCUT2D eigenvalue weighted by Gasteiger charge is 2.32. The van der Waals surface area contributed by atoms with E-state index in [0.29, 0.717) is 12.2 Å². The zero-order valence-corrected chi connectivity index (χ0v) is 19.8. The molecule has 0 spiro atoms. The molecule has 10 N–H and O–H groups in total. The molecule has 0 aliphatic rings. The number of rotatable bonds is 16. The van der Waals surface area contributed by atoms with Crippen molar-refractivity contribution in [2.24, 2.45) is 23.1 Å². The number of primary amides is 2. The zero-order chi connectivity index (χ0) is 25.7. The van der Waals surface area contributed by atoms with Gasteiger partial charge in [0.1, 0.15) is 18.1 Å². The van der Waals surface area contributed by atoms with Crippen LogP contribution in [-0.4, -0.2) is 76.8 Å². The quantitative estimate of drug-likeness (QED) is 0.120. The molecule has 0 aromatic rings. The Morgan fingerprint density at radius 1 is 0.879 bits per heavy atom. The predicted octanol–water partition coefficient (Wildman–Crippen LogP) is -2.60. The number of carbonyl (C=O) groups is 6. The second kappa shape index (κ2) is 15.1. The van der Waals surface area contributed by atoms with Crippen LogP contribution in [-0.2, 0) is 28.8 Å². The van der Waals surface area contributed by atoms with Crippen LogP contribution in [0.3, 0.4) is 0 Å². The molecule has 0 bridgehead atoms. The number of carboxylic acid groups (broad SMARTS) is 1. The second-order valence-corrected chi connectivity index (χ2v) is 8.55. The molecule has 0 saturated heterocycles. The summed E-state index contributed by atoms with van der Waals surface area (Å²) in [6, 6.07) is -5.02. The maximum atomic E-state index is 13.0. The maximum Gasteiger partial charge on any atom is 0.326 e. The molecule has 188 valence electrons. The van der Waals surface area contributed by atoms with Crippen molar-refractivity contribution in [3.63, 3.8) is 0 Å². The lowest BCUT2D eigenvalue weighted by Gasteiger charge is -2.27.